The second kappa shape index (κ2) is 4.90. The summed E-state index contributed by atoms with van der Waals surface area (Å²) in [5.74, 6) is 0.954. The van der Waals surface area contributed by atoms with Crippen LogP contribution in [0, 0.1) is 0 Å². The third kappa shape index (κ3) is 2.68. The van der Waals surface area contributed by atoms with Gasteiger partial charge >= 0.3 is 0 Å². The molecule has 0 unspecified atom stereocenters. The minimum Gasteiger partial charge on any atom is -0.496 e. The highest BCUT2D eigenvalue weighted by atomic mass is 16.5. The van der Waals surface area contributed by atoms with Crippen LogP contribution in [0.2, 0.25) is 0 Å². The van der Waals surface area contributed by atoms with Crippen molar-refractivity contribution in [3.63, 3.8) is 0 Å². The Bertz CT molecular complexity index is 405. The molecule has 100 valence electrons. The van der Waals surface area contributed by atoms with Crippen molar-refractivity contribution in [1.29, 1.82) is 0 Å². The predicted octanol–water partition coefficient (Wildman–Crippen LogP) is 2.48. The van der Waals surface area contributed by atoms with Crippen molar-refractivity contribution in [2.45, 2.75) is 37.6 Å². The summed E-state index contributed by atoms with van der Waals surface area (Å²) in [6.45, 7) is 5.68. The van der Waals surface area contributed by atoms with Crippen LogP contribution in [0.15, 0.2) is 24.3 Å². The number of nitrogens with two attached hydrogens (primary N) is 1. The zero-order valence-electron chi connectivity index (χ0n) is 11.5. The molecular formula is C15H23NO2. The van der Waals surface area contributed by atoms with Gasteiger partial charge in [-0.1, -0.05) is 18.2 Å². The highest BCUT2D eigenvalue weighted by molar-refractivity contribution is 5.41. The van der Waals surface area contributed by atoms with Crippen LogP contribution in [0.1, 0.15) is 32.3 Å². The fraction of sp³-hybridized carbons (Fsp3) is 0.600. The summed E-state index contributed by atoms with van der Waals surface area (Å²) in [5, 5.41) is 0. The number of benzene rings is 1. The Morgan fingerprint density at radius 1 is 1.33 bits per heavy atom. The highest BCUT2D eigenvalue weighted by Gasteiger charge is 2.42. The first kappa shape index (κ1) is 13.4. The molecule has 0 saturated carbocycles. The largest absolute Gasteiger partial charge is 0.496 e. The lowest BCUT2D eigenvalue weighted by Gasteiger charge is -2.44. The van der Waals surface area contributed by atoms with E-state index in [1.165, 1.54) is 5.56 Å². The molecule has 0 spiro atoms. The van der Waals surface area contributed by atoms with E-state index in [-0.39, 0.29) is 11.0 Å². The Kier molecular flexibility index (Phi) is 3.64. The molecule has 0 bridgehead atoms. The van der Waals surface area contributed by atoms with Crippen LogP contribution in [-0.4, -0.2) is 25.9 Å². The molecule has 2 rings (SSSR count). The van der Waals surface area contributed by atoms with Gasteiger partial charge in [0.2, 0.25) is 0 Å². The van der Waals surface area contributed by atoms with Crippen molar-refractivity contribution in [3.05, 3.63) is 29.8 Å². The predicted molar refractivity (Wildman–Crippen MR) is 73.0 cm³/mol. The third-order valence-electron chi connectivity index (χ3n) is 3.68. The van der Waals surface area contributed by atoms with Crippen LogP contribution in [-0.2, 0) is 10.2 Å². The third-order valence-corrected chi connectivity index (χ3v) is 3.68. The summed E-state index contributed by atoms with van der Waals surface area (Å²) in [5.41, 5.74) is 7.30. The maximum absolute atomic E-state index is 6.10. The lowest BCUT2D eigenvalue weighted by atomic mass is 9.72. The van der Waals surface area contributed by atoms with E-state index < -0.39 is 0 Å². The SMILES string of the molecule is COc1ccccc1C1(CCC(C)(C)N)COC1. The van der Waals surface area contributed by atoms with Gasteiger partial charge < -0.3 is 15.2 Å². The van der Waals surface area contributed by atoms with E-state index in [0.29, 0.717) is 0 Å². The van der Waals surface area contributed by atoms with Crippen molar-refractivity contribution >= 4 is 0 Å². The van der Waals surface area contributed by atoms with Crippen molar-refractivity contribution in [1.82, 2.24) is 0 Å². The van der Waals surface area contributed by atoms with Gasteiger partial charge in [-0.15, -0.1) is 0 Å². The molecule has 1 saturated heterocycles. The Hall–Kier alpha value is -1.06. The first-order valence-electron chi connectivity index (χ1n) is 6.47. The summed E-state index contributed by atoms with van der Waals surface area (Å²) < 4.78 is 10.9. The zero-order chi connectivity index (χ0) is 13.2. The van der Waals surface area contributed by atoms with Crippen LogP contribution in [0.4, 0.5) is 0 Å². The van der Waals surface area contributed by atoms with Crippen LogP contribution in [0.5, 0.6) is 5.75 Å². The van der Waals surface area contributed by atoms with Crippen LogP contribution in [0.25, 0.3) is 0 Å². The molecule has 0 radical (unpaired) electrons. The van der Waals surface area contributed by atoms with Crippen molar-refractivity contribution < 1.29 is 9.47 Å². The second-order valence-electron chi connectivity index (χ2n) is 5.96. The first-order valence-corrected chi connectivity index (χ1v) is 6.47. The highest BCUT2D eigenvalue weighted by Crippen LogP contribution is 2.42. The molecule has 18 heavy (non-hydrogen) atoms. The fourth-order valence-corrected chi connectivity index (χ4v) is 2.43. The number of hydrogen-bond donors (Lipinski definition) is 1. The van der Waals surface area contributed by atoms with Crippen molar-refractivity contribution in [2.75, 3.05) is 20.3 Å². The number of methoxy groups -OCH3 is 1. The first-order chi connectivity index (χ1) is 8.47. The summed E-state index contributed by atoms with van der Waals surface area (Å²) in [4.78, 5) is 0. The second-order valence-corrected chi connectivity index (χ2v) is 5.96. The number of hydrogen-bond acceptors (Lipinski definition) is 3. The molecule has 1 aliphatic heterocycles. The molecule has 0 amide bonds. The molecule has 3 nitrogen and oxygen atoms in total. The normalized spacial score (nSPS) is 18.2. The summed E-state index contributed by atoms with van der Waals surface area (Å²) in [7, 11) is 1.72. The molecule has 3 heteroatoms. The molecule has 1 fully saturated rings. The summed E-state index contributed by atoms with van der Waals surface area (Å²) >= 11 is 0. The van der Waals surface area contributed by atoms with E-state index in [1.54, 1.807) is 7.11 Å². The van der Waals surface area contributed by atoms with Gasteiger partial charge in [-0.25, -0.2) is 0 Å². The van der Waals surface area contributed by atoms with Crippen LogP contribution in [0.3, 0.4) is 0 Å². The van der Waals surface area contributed by atoms with Crippen molar-refractivity contribution in [2.24, 2.45) is 5.73 Å². The van der Waals surface area contributed by atoms with E-state index in [4.69, 9.17) is 15.2 Å². The van der Waals surface area contributed by atoms with Gasteiger partial charge in [0.1, 0.15) is 5.75 Å². The van der Waals surface area contributed by atoms with E-state index in [1.807, 2.05) is 12.1 Å². The Morgan fingerprint density at radius 2 is 2.00 bits per heavy atom. The topological polar surface area (TPSA) is 44.5 Å². The molecule has 0 aliphatic carbocycles. The lowest BCUT2D eigenvalue weighted by Crippen LogP contribution is -2.48. The summed E-state index contributed by atoms with van der Waals surface area (Å²) in [6.07, 6.45) is 2.02. The smallest absolute Gasteiger partial charge is 0.122 e. The standard InChI is InChI=1S/C15H23NO2/c1-14(2,16)8-9-15(10-18-11-15)12-6-4-5-7-13(12)17-3/h4-7H,8-11,16H2,1-3H3. The van der Waals surface area contributed by atoms with Crippen LogP contribution < -0.4 is 10.5 Å². The molecule has 1 aliphatic rings. The van der Waals surface area contributed by atoms with Gasteiger partial charge in [0.05, 0.1) is 20.3 Å². The van der Waals surface area contributed by atoms with Gasteiger partial charge in [0.15, 0.2) is 0 Å². The summed E-state index contributed by atoms with van der Waals surface area (Å²) in [6, 6.07) is 8.22. The average Bonchev–Trinajstić information content (AvgIpc) is 2.27. The number of rotatable bonds is 5. The Morgan fingerprint density at radius 3 is 2.50 bits per heavy atom. The molecule has 1 aromatic carbocycles. The van der Waals surface area contributed by atoms with Gasteiger partial charge in [0.25, 0.3) is 0 Å². The fourth-order valence-electron chi connectivity index (χ4n) is 2.43. The minimum atomic E-state index is -0.134. The molecular weight excluding hydrogens is 226 g/mol. The van der Waals surface area contributed by atoms with Crippen molar-refractivity contribution in [3.8, 4) is 5.75 Å². The maximum atomic E-state index is 6.10. The number of ether oxygens (including phenoxy) is 2. The molecule has 0 atom stereocenters. The van der Waals surface area contributed by atoms with Gasteiger partial charge in [0, 0.05) is 16.5 Å². The quantitative estimate of drug-likeness (QED) is 0.872. The Balaban J connectivity index is 2.21. The molecule has 2 N–H and O–H groups in total. The number of para-hydroxylation sites is 1. The van der Waals surface area contributed by atoms with E-state index >= 15 is 0 Å². The van der Waals surface area contributed by atoms with Gasteiger partial charge in [-0.2, -0.15) is 0 Å². The maximum Gasteiger partial charge on any atom is 0.122 e. The molecule has 1 aromatic rings. The van der Waals surface area contributed by atoms with Gasteiger partial charge in [-0.3, -0.25) is 0 Å². The minimum absolute atomic E-state index is 0.0866. The average molecular weight is 249 g/mol. The molecule has 0 aromatic heterocycles. The van der Waals surface area contributed by atoms with Gasteiger partial charge in [-0.05, 0) is 32.8 Å². The lowest BCUT2D eigenvalue weighted by molar-refractivity contribution is -0.0678. The molecule has 1 heterocycles. The van der Waals surface area contributed by atoms with E-state index in [0.717, 1.165) is 31.8 Å². The zero-order valence-corrected chi connectivity index (χ0v) is 11.5. The monoisotopic (exact) mass is 249 g/mol. The Labute approximate surface area is 109 Å². The van der Waals surface area contributed by atoms with E-state index in [2.05, 4.69) is 26.0 Å². The van der Waals surface area contributed by atoms with E-state index in [9.17, 15) is 0 Å². The van der Waals surface area contributed by atoms with Crippen LogP contribution >= 0.6 is 0 Å².